The molecule has 1 amide bonds. The SMILES string of the molecule is CC(OC(=O)C(C)C)OC(=O)N(CCCP(=O)(O)CC1CCCCC1)[C@H](C)c1ccc(Cl)c(Cl)c1. The highest BCUT2D eigenvalue weighted by atomic mass is 35.5. The molecule has 10 heteroatoms. The summed E-state index contributed by atoms with van der Waals surface area (Å²) in [5, 5.41) is 0.755. The van der Waals surface area contributed by atoms with Crippen LogP contribution in [0.3, 0.4) is 0 Å². The molecule has 0 aromatic heterocycles. The lowest BCUT2D eigenvalue weighted by atomic mass is 9.91. The molecule has 2 unspecified atom stereocenters. The van der Waals surface area contributed by atoms with Gasteiger partial charge in [-0.25, -0.2) is 4.79 Å². The predicted molar refractivity (Wildman–Crippen MR) is 139 cm³/mol. The highest BCUT2D eigenvalue weighted by molar-refractivity contribution is 7.58. The van der Waals surface area contributed by atoms with E-state index in [1.54, 1.807) is 32.0 Å². The summed E-state index contributed by atoms with van der Waals surface area (Å²) in [6, 6.07) is 4.64. The zero-order valence-corrected chi connectivity index (χ0v) is 23.5. The van der Waals surface area contributed by atoms with Crippen molar-refractivity contribution in [3.8, 4) is 0 Å². The number of rotatable bonds is 11. The monoisotopic (exact) mass is 549 g/mol. The van der Waals surface area contributed by atoms with Crippen LogP contribution >= 0.6 is 30.6 Å². The number of halogens is 2. The Bertz CT molecular complexity index is 906. The molecule has 1 saturated carbocycles. The van der Waals surface area contributed by atoms with Gasteiger partial charge in [0.1, 0.15) is 0 Å². The zero-order chi connectivity index (χ0) is 26.2. The Morgan fingerprint density at radius 1 is 1.09 bits per heavy atom. The van der Waals surface area contributed by atoms with E-state index in [1.165, 1.54) is 18.2 Å². The fraction of sp³-hybridized carbons (Fsp3) is 0.680. The standard InChI is InChI=1S/C25H38Cl2NO6P/c1-17(2)24(29)33-19(4)34-25(30)28(18(3)21-11-12-22(26)23(27)15-21)13-8-14-35(31,32)16-20-9-6-5-7-10-20/h11-12,15,17-20H,5-10,13-14,16H2,1-4H3,(H,31,32)/t18-,19?/m1/s1. The third-order valence-corrected chi connectivity index (χ3v) is 9.16. The van der Waals surface area contributed by atoms with E-state index in [0.717, 1.165) is 31.2 Å². The van der Waals surface area contributed by atoms with Crippen molar-refractivity contribution in [3.63, 3.8) is 0 Å². The molecular formula is C25H38Cl2NO6P. The van der Waals surface area contributed by atoms with Crippen molar-refractivity contribution in [3.05, 3.63) is 33.8 Å². The molecule has 1 aromatic rings. The summed E-state index contributed by atoms with van der Waals surface area (Å²) < 4.78 is 23.4. The predicted octanol–water partition coefficient (Wildman–Crippen LogP) is 7.28. The van der Waals surface area contributed by atoms with Crippen LogP contribution in [0, 0.1) is 11.8 Å². The molecule has 1 N–H and O–H groups in total. The molecule has 0 spiro atoms. The number of carbonyl (C=O) groups is 2. The topological polar surface area (TPSA) is 93.1 Å². The van der Waals surface area contributed by atoms with Crippen LogP contribution in [0.15, 0.2) is 18.2 Å². The number of nitrogens with zero attached hydrogens (tertiary/aromatic N) is 1. The minimum absolute atomic E-state index is 0.124. The van der Waals surface area contributed by atoms with Gasteiger partial charge in [-0.05, 0) is 49.8 Å². The highest BCUT2D eigenvalue weighted by Crippen LogP contribution is 2.46. The molecule has 0 saturated heterocycles. The highest BCUT2D eigenvalue weighted by Gasteiger charge is 2.29. The summed E-state index contributed by atoms with van der Waals surface area (Å²) in [7, 11) is -3.31. The Morgan fingerprint density at radius 3 is 2.34 bits per heavy atom. The minimum Gasteiger partial charge on any atom is -0.425 e. The summed E-state index contributed by atoms with van der Waals surface area (Å²) in [4.78, 5) is 37.0. The maximum atomic E-state index is 13.1. The summed E-state index contributed by atoms with van der Waals surface area (Å²) in [6.07, 6.45) is 4.47. The number of amides is 1. The van der Waals surface area contributed by atoms with Gasteiger partial charge < -0.3 is 19.3 Å². The van der Waals surface area contributed by atoms with Gasteiger partial charge in [0.25, 0.3) is 0 Å². The van der Waals surface area contributed by atoms with E-state index in [2.05, 4.69) is 0 Å². The van der Waals surface area contributed by atoms with Crippen LogP contribution in [0.4, 0.5) is 4.79 Å². The fourth-order valence-corrected chi connectivity index (χ4v) is 6.58. The molecule has 0 heterocycles. The minimum atomic E-state index is -3.31. The summed E-state index contributed by atoms with van der Waals surface area (Å²) in [6.45, 7) is 6.87. The maximum absolute atomic E-state index is 13.1. The quantitative estimate of drug-likeness (QED) is 0.177. The van der Waals surface area contributed by atoms with Gasteiger partial charge in [-0.1, -0.05) is 62.4 Å². The van der Waals surface area contributed by atoms with Crippen LogP contribution in [0.5, 0.6) is 0 Å². The van der Waals surface area contributed by atoms with Gasteiger partial charge in [0.05, 0.1) is 22.0 Å². The first-order chi connectivity index (χ1) is 16.4. The smallest absolute Gasteiger partial charge is 0.413 e. The molecule has 1 aromatic carbocycles. The van der Waals surface area contributed by atoms with Crippen molar-refractivity contribution in [1.82, 2.24) is 4.90 Å². The zero-order valence-electron chi connectivity index (χ0n) is 21.0. The third kappa shape index (κ3) is 9.95. The molecule has 7 nitrogen and oxygen atoms in total. The first kappa shape index (κ1) is 30.0. The third-order valence-electron chi connectivity index (χ3n) is 6.32. The normalized spacial score (nSPS) is 17.9. The number of ether oxygens (including phenoxy) is 2. The van der Waals surface area contributed by atoms with Crippen LogP contribution in [-0.4, -0.2) is 47.0 Å². The van der Waals surface area contributed by atoms with Crippen LogP contribution in [0.25, 0.3) is 0 Å². The molecule has 0 aliphatic heterocycles. The molecule has 1 fully saturated rings. The second kappa shape index (κ2) is 13.9. The van der Waals surface area contributed by atoms with Gasteiger partial charge in [-0.3, -0.25) is 9.36 Å². The lowest BCUT2D eigenvalue weighted by Crippen LogP contribution is -2.38. The molecule has 0 radical (unpaired) electrons. The average molecular weight is 550 g/mol. The first-order valence-electron chi connectivity index (χ1n) is 12.3. The molecule has 35 heavy (non-hydrogen) atoms. The van der Waals surface area contributed by atoms with E-state index in [0.29, 0.717) is 28.5 Å². The molecule has 3 atom stereocenters. The van der Waals surface area contributed by atoms with E-state index in [4.69, 9.17) is 32.7 Å². The molecule has 1 aliphatic rings. The Kier molecular flexibility index (Phi) is 11.9. The van der Waals surface area contributed by atoms with E-state index in [1.807, 2.05) is 6.92 Å². The lowest BCUT2D eigenvalue weighted by Gasteiger charge is -2.31. The van der Waals surface area contributed by atoms with Gasteiger partial charge in [-0.15, -0.1) is 0 Å². The molecule has 1 aliphatic carbocycles. The van der Waals surface area contributed by atoms with Gasteiger partial charge in [-0.2, -0.15) is 0 Å². The molecule has 198 valence electrons. The van der Waals surface area contributed by atoms with E-state index in [-0.39, 0.29) is 18.6 Å². The number of esters is 1. The van der Waals surface area contributed by atoms with Crippen molar-refractivity contribution in [2.75, 3.05) is 18.9 Å². The largest absolute Gasteiger partial charge is 0.425 e. The maximum Gasteiger partial charge on any atom is 0.413 e. The average Bonchev–Trinajstić information content (AvgIpc) is 2.78. The second-order valence-electron chi connectivity index (χ2n) is 9.70. The number of benzene rings is 1. The number of carbonyl (C=O) groups excluding carboxylic acids is 2. The molecular weight excluding hydrogens is 512 g/mol. The van der Waals surface area contributed by atoms with Crippen LogP contribution in [0.1, 0.15) is 77.8 Å². The van der Waals surface area contributed by atoms with Crippen molar-refractivity contribution in [1.29, 1.82) is 0 Å². The summed E-state index contributed by atoms with van der Waals surface area (Å²) >= 11 is 12.2. The Labute approximate surface area is 218 Å². The van der Waals surface area contributed by atoms with E-state index in [9.17, 15) is 19.0 Å². The van der Waals surface area contributed by atoms with E-state index >= 15 is 0 Å². The van der Waals surface area contributed by atoms with Crippen LogP contribution < -0.4 is 0 Å². The number of hydrogen-bond donors (Lipinski definition) is 1. The van der Waals surface area contributed by atoms with Crippen molar-refractivity contribution in [2.24, 2.45) is 11.8 Å². The van der Waals surface area contributed by atoms with E-state index < -0.39 is 31.8 Å². The van der Waals surface area contributed by atoms with Crippen molar-refractivity contribution >= 4 is 42.6 Å². The van der Waals surface area contributed by atoms with Gasteiger partial charge >= 0.3 is 12.1 Å². The van der Waals surface area contributed by atoms with Crippen molar-refractivity contribution in [2.45, 2.75) is 78.6 Å². The summed E-state index contributed by atoms with van der Waals surface area (Å²) in [5.74, 6) is -0.532. The Balaban J connectivity index is 2.08. The molecule has 0 bridgehead atoms. The second-order valence-corrected chi connectivity index (χ2v) is 13.0. The van der Waals surface area contributed by atoms with Gasteiger partial charge in [0.15, 0.2) is 0 Å². The molecule has 2 rings (SSSR count). The van der Waals surface area contributed by atoms with Crippen LogP contribution in [0.2, 0.25) is 10.0 Å². The first-order valence-corrected chi connectivity index (χ1v) is 15.1. The van der Waals surface area contributed by atoms with Crippen LogP contribution in [-0.2, 0) is 18.8 Å². The lowest BCUT2D eigenvalue weighted by molar-refractivity contribution is -0.170. The summed E-state index contributed by atoms with van der Waals surface area (Å²) in [5.41, 5.74) is 0.734. The van der Waals surface area contributed by atoms with Gasteiger partial charge in [0, 0.05) is 25.8 Å². The van der Waals surface area contributed by atoms with Crippen molar-refractivity contribution < 1.29 is 28.5 Å². The number of hydrogen-bond acceptors (Lipinski definition) is 5. The van der Waals surface area contributed by atoms with Gasteiger partial charge in [0.2, 0.25) is 13.7 Å². The fourth-order valence-electron chi connectivity index (χ4n) is 4.28. The Hall–Kier alpha value is -1.27. The Morgan fingerprint density at radius 2 is 1.74 bits per heavy atom.